The SMILES string of the molecule is CC1=CCCN(CCCl)C1. The summed E-state index contributed by atoms with van der Waals surface area (Å²) in [7, 11) is 0. The maximum absolute atomic E-state index is 5.62. The van der Waals surface area contributed by atoms with Crippen LogP contribution in [0.4, 0.5) is 0 Å². The van der Waals surface area contributed by atoms with Gasteiger partial charge in [0.25, 0.3) is 0 Å². The number of hydrogen-bond donors (Lipinski definition) is 0. The molecule has 0 aromatic heterocycles. The van der Waals surface area contributed by atoms with Crippen LogP contribution in [0.15, 0.2) is 11.6 Å². The normalized spacial score (nSPS) is 20.8. The molecule has 0 amide bonds. The Morgan fingerprint density at radius 2 is 2.50 bits per heavy atom. The van der Waals surface area contributed by atoms with Crippen molar-refractivity contribution < 1.29 is 0 Å². The second-order valence-corrected chi connectivity index (χ2v) is 3.18. The predicted molar refractivity (Wildman–Crippen MR) is 45.5 cm³/mol. The third-order valence-corrected chi connectivity index (χ3v) is 1.98. The molecular weight excluding hydrogens is 146 g/mol. The minimum absolute atomic E-state index is 0.757. The van der Waals surface area contributed by atoms with Crippen LogP contribution in [0.25, 0.3) is 0 Å². The topological polar surface area (TPSA) is 3.24 Å². The van der Waals surface area contributed by atoms with E-state index < -0.39 is 0 Å². The molecule has 0 fully saturated rings. The summed E-state index contributed by atoms with van der Waals surface area (Å²) in [6.07, 6.45) is 3.51. The molecule has 0 radical (unpaired) electrons. The van der Waals surface area contributed by atoms with Gasteiger partial charge in [-0.05, 0) is 13.3 Å². The van der Waals surface area contributed by atoms with E-state index in [0.29, 0.717) is 0 Å². The van der Waals surface area contributed by atoms with Crippen molar-refractivity contribution in [3.05, 3.63) is 11.6 Å². The fourth-order valence-corrected chi connectivity index (χ4v) is 1.54. The maximum atomic E-state index is 5.62. The highest BCUT2D eigenvalue weighted by Crippen LogP contribution is 2.07. The average molecular weight is 160 g/mol. The van der Waals surface area contributed by atoms with E-state index in [2.05, 4.69) is 17.9 Å². The molecule has 0 aromatic carbocycles. The second kappa shape index (κ2) is 3.99. The minimum Gasteiger partial charge on any atom is -0.298 e. The summed E-state index contributed by atoms with van der Waals surface area (Å²) < 4.78 is 0. The van der Waals surface area contributed by atoms with Gasteiger partial charge >= 0.3 is 0 Å². The summed E-state index contributed by atoms with van der Waals surface area (Å²) in [5.41, 5.74) is 1.48. The summed E-state index contributed by atoms with van der Waals surface area (Å²) in [6.45, 7) is 5.52. The number of nitrogens with zero attached hydrogens (tertiary/aromatic N) is 1. The number of hydrogen-bond acceptors (Lipinski definition) is 1. The number of rotatable bonds is 2. The van der Waals surface area contributed by atoms with Gasteiger partial charge in [0.1, 0.15) is 0 Å². The van der Waals surface area contributed by atoms with Crippen LogP contribution < -0.4 is 0 Å². The molecule has 58 valence electrons. The quantitative estimate of drug-likeness (QED) is 0.439. The fraction of sp³-hybridized carbons (Fsp3) is 0.750. The monoisotopic (exact) mass is 159 g/mol. The van der Waals surface area contributed by atoms with E-state index in [4.69, 9.17) is 11.6 Å². The van der Waals surface area contributed by atoms with E-state index in [1.54, 1.807) is 0 Å². The number of alkyl halides is 1. The van der Waals surface area contributed by atoms with Crippen molar-refractivity contribution in [2.75, 3.05) is 25.5 Å². The lowest BCUT2D eigenvalue weighted by atomic mass is 10.1. The Morgan fingerprint density at radius 1 is 1.70 bits per heavy atom. The average Bonchev–Trinajstić information content (AvgIpc) is 1.88. The van der Waals surface area contributed by atoms with Crippen LogP contribution in [0.2, 0.25) is 0 Å². The van der Waals surface area contributed by atoms with E-state index in [-0.39, 0.29) is 0 Å². The molecule has 1 aliphatic rings. The smallest absolute Gasteiger partial charge is 0.0351 e. The van der Waals surface area contributed by atoms with Crippen molar-refractivity contribution >= 4 is 11.6 Å². The molecule has 0 saturated heterocycles. The first kappa shape index (κ1) is 8.09. The molecule has 0 aromatic rings. The Bertz CT molecular complexity index is 131. The zero-order valence-electron chi connectivity index (χ0n) is 6.44. The Labute approximate surface area is 67.7 Å². The van der Waals surface area contributed by atoms with Gasteiger partial charge in [0.15, 0.2) is 0 Å². The van der Waals surface area contributed by atoms with E-state index >= 15 is 0 Å². The summed E-state index contributed by atoms with van der Waals surface area (Å²) in [5, 5.41) is 0. The standard InChI is InChI=1S/C8H14ClN/c1-8-3-2-5-10(7-8)6-4-9/h3H,2,4-7H2,1H3. The highest BCUT2D eigenvalue weighted by atomic mass is 35.5. The Morgan fingerprint density at radius 3 is 3.10 bits per heavy atom. The van der Waals surface area contributed by atoms with E-state index in [9.17, 15) is 0 Å². The van der Waals surface area contributed by atoms with Gasteiger partial charge in [0, 0.05) is 25.5 Å². The molecule has 1 heterocycles. The van der Waals surface area contributed by atoms with Crippen molar-refractivity contribution in [2.24, 2.45) is 0 Å². The molecule has 1 nitrogen and oxygen atoms in total. The molecule has 0 bridgehead atoms. The third-order valence-electron chi connectivity index (χ3n) is 1.81. The fourth-order valence-electron chi connectivity index (χ4n) is 1.30. The van der Waals surface area contributed by atoms with Gasteiger partial charge in [-0.1, -0.05) is 11.6 Å². The third kappa shape index (κ3) is 2.31. The summed E-state index contributed by atoms with van der Waals surface area (Å²) in [5.74, 6) is 0.757. The zero-order chi connectivity index (χ0) is 7.40. The van der Waals surface area contributed by atoms with Crippen LogP contribution >= 0.6 is 11.6 Å². The van der Waals surface area contributed by atoms with Gasteiger partial charge in [-0.25, -0.2) is 0 Å². The van der Waals surface area contributed by atoms with E-state index in [0.717, 1.165) is 19.0 Å². The molecule has 0 aliphatic carbocycles. The molecule has 2 heteroatoms. The van der Waals surface area contributed by atoms with Crippen LogP contribution in [0, 0.1) is 0 Å². The highest BCUT2D eigenvalue weighted by Gasteiger charge is 2.07. The molecular formula is C8H14ClN. The van der Waals surface area contributed by atoms with Crippen LogP contribution in [-0.2, 0) is 0 Å². The lowest BCUT2D eigenvalue weighted by molar-refractivity contribution is 0.308. The van der Waals surface area contributed by atoms with Gasteiger partial charge in [-0.15, -0.1) is 11.6 Å². The van der Waals surface area contributed by atoms with Crippen molar-refractivity contribution in [2.45, 2.75) is 13.3 Å². The maximum Gasteiger partial charge on any atom is 0.0351 e. The van der Waals surface area contributed by atoms with Crippen molar-refractivity contribution in [3.63, 3.8) is 0 Å². The van der Waals surface area contributed by atoms with Crippen molar-refractivity contribution in [1.29, 1.82) is 0 Å². The Kier molecular flexibility index (Phi) is 3.23. The van der Waals surface area contributed by atoms with Crippen LogP contribution in [0.1, 0.15) is 13.3 Å². The molecule has 0 saturated carbocycles. The lowest BCUT2D eigenvalue weighted by Gasteiger charge is -2.24. The zero-order valence-corrected chi connectivity index (χ0v) is 7.19. The largest absolute Gasteiger partial charge is 0.298 e. The molecule has 10 heavy (non-hydrogen) atoms. The second-order valence-electron chi connectivity index (χ2n) is 2.80. The molecule has 1 rings (SSSR count). The van der Waals surface area contributed by atoms with E-state index in [1.165, 1.54) is 18.5 Å². The van der Waals surface area contributed by atoms with Gasteiger partial charge in [0.05, 0.1) is 0 Å². The van der Waals surface area contributed by atoms with Gasteiger partial charge in [-0.3, -0.25) is 4.90 Å². The molecule has 0 unspecified atom stereocenters. The number of halogens is 1. The summed E-state index contributed by atoms with van der Waals surface area (Å²) in [6, 6.07) is 0. The first-order valence-corrected chi connectivity index (χ1v) is 4.30. The summed E-state index contributed by atoms with van der Waals surface area (Å²) >= 11 is 5.62. The molecule has 0 atom stereocenters. The highest BCUT2D eigenvalue weighted by molar-refractivity contribution is 6.18. The predicted octanol–water partition coefficient (Wildman–Crippen LogP) is 1.88. The van der Waals surface area contributed by atoms with Crippen LogP contribution in [0.5, 0.6) is 0 Å². The van der Waals surface area contributed by atoms with Crippen LogP contribution in [0.3, 0.4) is 0 Å². The van der Waals surface area contributed by atoms with Crippen molar-refractivity contribution in [1.82, 2.24) is 4.90 Å². The first-order chi connectivity index (χ1) is 4.83. The molecule has 0 spiro atoms. The molecule has 0 N–H and O–H groups in total. The van der Waals surface area contributed by atoms with E-state index in [1.807, 2.05) is 0 Å². The first-order valence-electron chi connectivity index (χ1n) is 3.77. The summed E-state index contributed by atoms with van der Waals surface area (Å²) in [4.78, 5) is 2.39. The van der Waals surface area contributed by atoms with Gasteiger partial charge in [0.2, 0.25) is 0 Å². The molecule has 1 aliphatic heterocycles. The lowest BCUT2D eigenvalue weighted by Crippen LogP contribution is -2.30. The van der Waals surface area contributed by atoms with Crippen LogP contribution in [-0.4, -0.2) is 30.4 Å². The Balaban J connectivity index is 2.30. The Hall–Kier alpha value is -0.0100. The van der Waals surface area contributed by atoms with Gasteiger partial charge < -0.3 is 0 Å². The van der Waals surface area contributed by atoms with Crippen molar-refractivity contribution in [3.8, 4) is 0 Å². The van der Waals surface area contributed by atoms with Gasteiger partial charge in [-0.2, -0.15) is 0 Å². The minimum atomic E-state index is 0.757.